The maximum absolute atomic E-state index is 14.1. The average Bonchev–Trinajstić information content (AvgIpc) is 3.44. The summed E-state index contributed by atoms with van der Waals surface area (Å²) in [5.74, 6) is 1.80. The molecule has 186 valence electrons. The van der Waals surface area contributed by atoms with Crippen LogP contribution in [0.1, 0.15) is 57.9 Å². The third-order valence-corrected chi connectivity index (χ3v) is 8.29. The van der Waals surface area contributed by atoms with E-state index in [4.69, 9.17) is 4.74 Å². The first-order chi connectivity index (χ1) is 16.9. The fourth-order valence-corrected chi connectivity index (χ4v) is 6.57. The Morgan fingerprint density at radius 2 is 2.06 bits per heavy atom. The summed E-state index contributed by atoms with van der Waals surface area (Å²) < 4.78 is 19.9. The highest BCUT2D eigenvalue weighted by molar-refractivity contribution is 6.00. The number of aromatic nitrogens is 1. The van der Waals surface area contributed by atoms with Gasteiger partial charge in [0.1, 0.15) is 11.6 Å². The quantitative estimate of drug-likeness (QED) is 0.616. The van der Waals surface area contributed by atoms with Crippen LogP contribution in [0, 0.1) is 23.6 Å². The van der Waals surface area contributed by atoms with Gasteiger partial charge < -0.3 is 19.9 Å². The molecule has 0 radical (unpaired) electrons. The van der Waals surface area contributed by atoms with Crippen LogP contribution >= 0.6 is 0 Å². The van der Waals surface area contributed by atoms with E-state index in [1.165, 1.54) is 18.7 Å². The summed E-state index contributed by atoms with van der Waals surface area (Å²) in [4.78, 5) is 22.6. The summed E-state index contributed by atoms with van der Waals surface area (Å²) in [7, 11) is 0. The topological polar surface area (TPSA) is 57.7 Å². The Balaban J connectivity index is 1.31. The lowest BCUT2D eigenvalue weighted by Crippen LogP contribution is -2.38. The molecule has 1 saturated carbocycles. The zero-order valence-corrected chi connectivity index (χ0v) is 20.7. The molecule has 0 spiro atoms. The monoisotopic (exact) mass is 478 g/mol. The third kappa shape index (κ3) is 4.39. The summed E-state index contributed by atoms with van der Waals surface area (Å²) in [6.07, 6.45) is 7.90. The standard InChI is InChI=1S/C28H35FN4O2/c1-17(2)9-18-3-5-19(6-4-18)28(34)33-14-20-10-21(29)13-30-27(20)31-25-8-7-22(12-26(25)33)32-15-24-11-23(32)16-35-24/h7-8,10,12-13,17-19,23-24H,3-6,9,11,14-16H2,1-2H3,(H,30,31)/t18-,19-,23-,24-/m0/s1. The molecule has 4 heterocycles. The average molecular weight is 479 g/mol. The van der Waals surface area contributed by atoms with Gasteiger partial charge in [-0.3, -0.25) is 4.79 Å². The lowest BCUT2D eigenvalue weighted by molar-refractivity contribution is -0.123. The second kappa shape index (κ2) is 9.08. The summed E-state index contributed by atoms with van der Waals surface area (Å²) in [5, 5.41) is 3.38. The molecular formula is C28H35FN4O2. The molecule has 4 aliphatic rings. The van der Waals surface area contributed by atoms with Crippen molar-refractivity contribution >= 4 is 28.8 Å². The van der Waals surface area contributed by atoms with Crippen molar-refractivity contribution in [1.82, 2.24) is 4.98 Å². The molecule has 2 aromatic rings. The Kier molecular flexibility index (Phi) is 5.91. The highest BCUT2D eigenvalue weighted by Gasteiger charge is 2.40. The highest BCUT2D eigenvalue weighted by Crippen LogP contribution is 2.42. The van der Waals surface area contributed by atoms with Gasteiger partial charge in [-0.25, -0.2) is 9.37 Å². The number of morpholine rings is 1. The zero-order chi connectivity index (χ0) is 24.1. The molecule has 1 aromatic heterocycles. The van der Waals surface area contributed by atoms with Crippen LogP contribution in [0.25, 0.3) is 0 Å². The number of nitrogens with zero attached hydrogens (tertiary/aromatic N) is 3. The van der Waals surface area contributed by atoms with Gasteiger partial charge in [-0.2, -0.15) is 0 Å². The van der Waals surface area contributed by atoms with E-state index in [0.717, 1.165) is 68.2 Å². The molecule has 1 aliphatic carbocycles. The molecule has 3 fully saturated rings. The van der Waals surface area contributed by atoms with Gasteiger partial charge in [0, 0.05) is 23.7 Å². The summed E-state index contributed by atoms with van der Waals surface area (Å²) in [6.45, 7) is 6.52. The predicted molar refractivity (Wildman–Crippen MR) is 136 cm³/mol. The summed E-state index contributed by atoms with van der Waals surface area (Å²) in [5.41, 5.74) is 3.52. The Morgan fingerprint density at radius 1 is 1.23 bits per heavy atom. The second-order valence-corrected chi connectivity index (χ2v) is 11.3. The smallest absolute Gasteiger partial charge is 0.230 e. The van der Waals surface area contributed by atoms with E-state index in [2.05, 4.69) is 41.2 Å². The van der Waals surface area contributed by atoms with E-state index in [1.54, 1.807) is 0 Å². The van der Waals surface area contributed by atoms with Crippen LogP contribution in [0.15, 0.2) is 30.5 Å². The van der Waals surface area contributed by atoms with Gasteiger partial charge in [0.25, 0.3) is 0 Å². The normalized spacial score (nSPS) is 27.4. The second-order valence-electron chi connectivity index (χ2n) is 11.3. The lowest BCUT2D eigenvalue weighted by atomic mass is 9.78. The number of pyridine rings is 1. The molecule has 1 aromatic carbocycles. The molecule has 1 amide bonds. The predicted octanol–water partition coefficient (Wildman–Crippen LogP) is 5.64. The number of hydrogen-bond donors (Lipinski definition) is 1. The first-order valence-electron chi connectivity index (χ1n) is 13.2. The van der Waals surface area contributed by atoms with Crippen LogP contribution in [0.2, 0.25) is 0 Å². The van der Waals surface area contributed by atoms with Crippen molar-refractivity contribution in [3.8, 4) is 0 Å². The van der Waals surface area contributed by atoms with Gasteiger partial charge in [-0.15, -0.1) is 0 Å². The van der Waals surface area contributed by atoms with E-state index in [0.29, 0.717) is 36.0 Å². The van der Waals surface area contributed by atoms with E-state index in [9.17, 15) is 9.18 Å². The number of fused-ring (bicyclic) bond motifs is 4. The number of nitrogens with one attached hydrogen (secondary N) is 1. The van der Waals surface area contributed by atoms with Crippen molar-refractivity contribution in [2.75, 3.05) is 28.3 Å². The van der Waals surface area contributed by atoms with Crippen molar-refractivity contribution in [2.24, 2.45) is 17.8 Å². The van der Waals surface area contributed by atoms with Crippen LogP contribution in [0.3, 0.4) is 0 Å². The van der Waals surface area contributed by atoms with Crippen LogP contribution in [-0.2, 0) is 16.1 Å². The summed E-state index contributed by atoms with van der Waals surface area (Å²) in [6, 6.07) is 8.18. The Morgan fingerprint density at radius 3 is 2.77 bits per heavy atom. The van der Waals surface area contributed by atoms with Crippen molar-refractivity contribution in [3.63, 3.8) is 0 Å². The number of hydrogen-bond acceptors (Lipinski definition) is 5. The van der Waals surface area contributed by atoms with Crippen molar-refractivity contribution in [1.29, 1.82) is 0 Å². The number of anilines is 4. The molecule has 7 heteroatoms. The first kappa shape index (κ1) is 22.8. The Labute approximate surface area is 206 Å². The molecule has 3 aliphatic heterocycles. The fraction of sp³-hybridized carbons (Fsp3) is 0.571. The van der Waals surface area contributed by atoms with E-state index >= 15 is 0 Å². The van der Waals surface area contributed by atoms with Crippen LogP contribution in [0.5, 0.6) is 0 Å². The molecule has 1 N–H and O–H groups in total. The van der Waals surface area contributed by atoms with Crippen LogP contribution in [0.4, 0.5) is 27.3 Å². The number of carbonyl (C=O) groups excluding carboxylic acids is 1. The molecular weight excluding hydrogens is 443 g/mol. The lowest BCUT2D eigenvalue weighted by Gasteiger charge is -2.34. The minimum Gasteiger partial charge on any atom is -0.374 e. The number of halogens is 1. The number of amides is 1. The number of benzene rings is 1. The van der Waals surface area contributed by atoms with E-state index in [1.807, 2.05) is 11.0 Å². The van der Waals surface area contributed by atoms with Crippen LogP contribution < -0.4 is 15.1 Å². The maximum Gasteiger partial charge on any atom is 0.230 e. The molecule has 6 nitrogen and oxygen atoms in total. The number of carbonyl (C=O) groups is 1. The minimum atomic E-state index is -0.383. The van der Waals surface area contributed by atoms with Gasteiger partial charge in [-0.1, -0.05) is 13.8 Å². The number of ether oxygens (including phenoxy) is 1. The van der Waals surface area contributed by atoms with Crippen molar-refractivity contribution in [2.45, 2.75) is 71.1 Å². The van der Waals surface area contributed by atoms with Gasteiger partial charge in [-0.05, 0) is 74.6 Å². The molecule has 2 saturated heterocycles. The third-order valence-electron chi connectivity index (χ3n) is 8.29. The molecule has 2 bridgehead atoms. The van der Waals surface area contributed by atoms with E-state index in [-0.39, 0.29) is 17.6 Å². The Hall–Kier alpha value is -2.67. The first-order valence-corrected chi connectivity index (χ1v) is 13.2. The maximum atomic E-state index is 14.1. The highest BCUT2D eigenvalue weighted by atomic mass is 19.1. The van der Waals surface area contributed by atoms with Gasteiger partial charge in [0.15, 0.2) is 0 Å². The molecule has 6 rings (SSSR count). The zero-order valence-electron chi connectivity index (χ0n) is 20.7. The molecule has 2 atom stereocenters. The van der Waals surface area contributed by atoms with Crippen molar-refractivity contribution < 1.29 is 13.9 Å². The molecule has 0 unspecified atom stereocenters. The van der Waals surface area contributed by atoms with Gasteiger partial charge >= 0.3 is 0 Å². The van der Waals surface area contributed by atoms with Crippen molar-refractivity contribution in [3.05, 3.63) is 41.8 Å². The van der Waals surface area contributed by atoms with Gasteiger partial charge in [0.05, 0.1) is 42.9 Å². The number of rotatable bonds is 4. The minimum absolute atomic E-state index is 0.00851. The van der Waals surface area contributed by atoms with E-state index < -0.39 is 0 Å². The summed E-state index contributed by atoms with van der Waals surface area (Å²) >= 11 is 0. The fourth-order valence-electron chi connectivity index (χ4n) is 6.57. The van der Waals surface area contributed by atoms with Gasteiger partial charge in [0.2, 0.25) is 5.91 Å². The largest absolute Gasteiger partial charge is 0.374 e. The SMILES string of the molecule is CC(C)C[C@H]1CC[C@H](C(=O)N2Cc3cc(F)cnc3Nc3ccc(N4C[C@@H]5C[C@H]4CO5)cc32)CC1. The Bertz CT molecular complexity index is 1110. The van der Waals surface area contributed by atoms with Crippen LogP contribution in [-0.4, -0.2) is 36.2 Å². The molecule has 35 heavy (non-hydrogen) atoms.